The summed E-state index contributed by atoms with van der Waals surface area (Å²) >= 11 is 0. The molecule has 0 saturated carbocycles. The Balaban J connectivity index is 2.55. The summed E-state index contributed by atoms with van der Waals surface area (Å²) in [5, 5.41) is 0. The molecule has 1 atom stereocenters. The molecule has 2 rings (SSSR count). The average molecular weight is 206 g/mol. The van der Waals surface area contributed by atoms with Gasteiger partial charge in [-0.05, 0) is 25.1 Å². The van der Waals surface area contributed by atoms with Crippen LogP contribution in [0.25, 0.3) is 11.1 Å². The van der Waals surface area contributed by atoms with Crippen LogP contribution in [0.3, 0.4) is 0 Å². The molecule has 5 heteroatoms. The maximum absolute atomic E-state index is 11.5. The minimum Gasteiger partial charge on any atom is -0.408 e. The number of nitrogens with one attached hydrogen (secondary N) is 1. The number of carbonyl (C=O) groups is 1. The number of Topliss-reactive ketones (excluding diaryl/α,β-unsaturated/α-hetero) is 1. The first-order chi connectivity index (χ1) is 7.08. The fourth-order valence-electron chi connectivity index (χ4n) is 1.37. The molecular weight excluding hydrogens is 196 g/mol. The number of ketones is 1. The van der Waals surface area contributed by atoms with Crippen molar-refractivity contribution in [3.8, 4) is 0 Å². The first-order valence-electron chi connectivity index (χ1n) is 4.50. The lowest BCUT2D eigenvalue weighted by Crippen LogP contribution is -2.26. The molecule has 0 bridgehead atoms. The van der Waals surface area contributed by atoms with Gasteiger partial charge in [0.05, 0.1) is 11.6 Å². The minimum atomic E-state index is -0.555. The lowest BCUT2D eigenvalue weighted by Gasteiger charge is -2.03. The number of hydrogen-bond acceptors (Lipinski definition) is 4. The van der Waals surface area contributed by atoms with Gasteiger partial charge in [-0.25, -0.2) is 4.79 Å². The summed E-state index contributed by atoms with van der Waals surface area (Å²) in [6, 6.07) is 4.17. The summed E-state index contributed by atoms with van der Waals surface area (Å²) in [7, 11) is 0. The average Bonchev–Trinajstić information content (AvgIpc) is 2.55. The molecule has 0 aliphatic carbocycles. The van der Waals surface area contributed by atoms with E-state index < -0.39 is 11.8 Å². The van der Waals surface area contributed by atoms with E-state index in [1.807, 2.05) is 0 Å². The van der Waals surface area contributed by atoms with Crippen LogP contribution in [0.5, 0.6) is 0 Å². The fourth-order valence-corrected chi connectivity index (χ4v) is 1.37. The van der Waals surface area contributed by atoms with Crippen LogP contribution in [0.4, 0.5) is 0 Å². The van der Waals surface area contributed by atoms with Gasteiger partial charge in [0.25, 0.3) is 0 Å². The second-order valence-corrected chi connectivity index (χ2v) is 3.38. The summed E-state index contributed by atoms with van der Waals surface area (Å²) in [5.74, 6) is -0.700. The summed E-state index contributed by atoms with van der Waals surface area (Å²) in [4.78, 5) is 24.9. The van der Waals surface area contributed by atoms with Crippen molar-refractivity contribution >= 4 is 16.9 Å². The highest BCUT2D eigenvalue weighted by atomic mass is 16.4. The molecule has 0 radical (unpaired) electrons. The van der Waals surface area contributed by atoms with Gasteiger partial charge in [-0.1, -0.05) is 0 Å². The molecule has 5 nitrogen and oxygen atoms in total. The van der Waals surface area contributed by atoms with Crippen LogP contribution in [0.1, 0.15) is 17.3 Å². The van der Waals surface area contributed by atoms with E-state index in [9.17, 15) is 9.59 Å². The van der Waals surface area contributed by atoms with Crippen molar-refractivity contribution in [1.29, 1.82) is 0 Å². The Hall–Kier alpha value is -1.88. The number of aromatic amines is 1. The molecule has 3 N–H and O–H groups in total. The Labute approximate surface area is 84.9 Å². The predicted octanol–water partition coefficient (Wildman–Crippen LogP) is 0.651. The van der Waals surface area contributed by atoms with Crippen LogP contribution >= 0.6 is 0 Å². The predicted molar refractivity (Wildman–Crippen MR) is 54.8 cm³/mol. The molecule has 78 valence electrons. The van der Waals surface area contributed by atoms with Gasteiger partial charge in [0.2, 0.25) is 0 Å². The highest BCUT2D eigenvalue weighted by Gasteiger charge is 2.12. The molecule has 2 aromatic rings. The van der Waals surface area contributed by atoms with Crippen LogP contribution in [0, 0.1) is 0 Å². The number of aromatic nitrogens is 1. The molecule has 1 unspecified atom stereocenters. The molecule has 0 saturated heterocycles. The van der Waals surface area contributed by atoms with E-state index >= 15 is 0 Å². The van der Waals surface area contributed by atoms with Crippen LogP contribution in [-0.2, 0) is 0 Å². The zero-order valence-electron chi connectivity index (χ0n) is 8.11. The van der Waals surface area contributed by atoms with E-state index in [2.05, 4.69) is 4.98 Å². The number of nitrogens with two attached hydrogens (primary N) is 1. The Morgan fingerprint density at radius 1 is 1.53 bits per heavy atom. The van der Waals surface area contributed by atoms with E-state index in [1.165, 1.54) is 0 Å². The second-order valence-electron chi connectivity index (χ2n) is 3.38. The maximum atomic E-state index is 11.5. The van der Waals surface area contributed by atoms with Crippen molar-refractivity contribution in [3.63, 3.8) is 0 Å². The molecule has 15 heavy (non-hydrogen) atoms. The molecular formula is C10H10N2O3. The van der Waals surface area contributed by atoms with Gasteiger partial charge in [-0.3, -0.25) is 9.78 Å². The third-order valence-electron chi connectivity index (χ3n) is 2.12. The molecule has 1 heterocycles. The standard InChI is InChI=1S/C10H10N2O3/c1-5(11)9(13)6-2-3-8-7(4-6)12-10(14)15-8/h2-5H,11H2,1H3,(H,12,14). The Morgan fingerprint density at radius 2 is 2.27 bits per heavy atom. The lowest BCUT2D eigenvalue weighted by atomic mass is 10.1. The van der Waals surface area contributed by atoms with Crippen molar-refractivity contribution in [2.45, 2.75) is 13.0 Å². The lowest BCUT2D eigenvalue weighted by molar-refractivity contribution is 0.0968. The quantitative estimate of drug-likeness (QED) is 0.706. The van der Waals surface area contributed by atoms with E-state index in [0.717, 1.165) is 0 Å². The van der Waals surface area contributed by atoms with Gasteiger partial charge in [-0.2, -0.15) is 0 Å². The number of benzene rings is 1. The first kappa shape index (κ1) is 9.67. The van der Waals surface area contributed by atoms with Crippen LogP contribution in [-0.4, -0.2) is 16.8 Å². The maximum Gasteiger partial charge on any atom is 0.417 e. The molecule has 0 aliphatic rings. The highest BCUT2D eigenvalue weighted by Crippen LogP contribution is 2.13. The normalized spacial score (nSPS) is 12.9. The zero-order chi connectivity index (χ0) is 11.0. The van der Waals surface area contributed by atoms with Crippen molar-refractivity contribution in [2.75, 3.05) is 0 Å². The second kappa shape index (κ2) is 3.36. The fraction of sp³-hybridized carbons (Fsp3) is 0.200. The van der Waals surface area contributed by atoms with E-state index in [-0.39, 0.29) is 5.78 Å². The third kappa shape index (κ3) is 1.69. The molecule has 0 amide bonds. The smallest absolute Gasteiger partial charge is 0.408 e. The van der Waals surface area contributed by atoms with E-state index in [0.29, 0.717) is 16.7 Å². The molecule has 0 spiro atoms. The Morgan fingerprint density at radius 3 is 2.93 bits per heavy atom. The van der Waals surface area contributed by atoms with Crippen molar-refractivity contribution in [2.24, 2.45) is 5.73 Å². The van der Waals surface area contributed by atoms with Gasteiger partial charge in [-0.15, -0.1) is 0 Å². The van der Waals surface area contributed by atoms with Gasteiger partial charge >= 0.3 is 5.76 Å². The summed E-state index contributed by atoms with van der Waals surface area (Å²) in [5.41, 5.74) is 6.88. The van der Waals surface area contributed by atoms with Gasteiger partial charge < -0.3 is 10.2 Å². The topological polar surface area (TPSA) is 89.1 Å². The van der Waals surface area contributed by atoms with Gasteiger partial charge in [0.1, 0.15) is 0 Å². The van der Waals surface area contributed by atoms with Gasteiger partial charge in [0, 0.05) is 5.56 Å². The molecule has 0 aliphatic heterocycles. The van der Waals surface area contributed by atoms with Crippen molar-refractivity contribution in [3.05, 3.63) is 34.3 Å². The Kier molecular flexibility index (Phi) is 2.17. The summed E-state index contributed by atoms with van der Waals surface area (Å²) in [6.45, 7) is 1.62. The third-order valence-corrected chi connectivity index (χ3v) is 2.12. The molecule has 1 aromatic heterocycles. The van der Waals surface area contributed by atoms with Gasteiger partial charge in [0.15, 0.2) is 11.4 Å². The molecule has 0 fully saturated rings. The number of H-pyrrole nitrogens is 1. The monoisotopic (exact) mass is 206 g/mol. The number of hydrogen-bond donors (Lipinski definition) is 2. The summed E-state index contributed by atoms with van der Waals surface area (Å²) < 4.78 is 4.81. The SMILES string of the molecule is CC(N)C(=O)c1ccc2oc(=O)[nH]c2c1. The number of oxazole rings is 1. The Bertz CT molecular complexity index is 565. The largest absolute Gasteiger partial charge is 0.417 e. The van der Waals surface area contributed by atoms with E-state index in [4.69, 9.17) is 10.2 Å². The first-order valence-corrected chi connectivity index (χ1v) is 4.50. The highest BCUT2D eigenvalue weighted by molar-refractivity contribution is 6.01. The number of carbonyl (C=O) groups excluding carboxylic acids is 1. The van der Waals surface area contributed by atoms with E-state index in [1.54, 1.807) is 25.1 Å². The van der Waals surface area contributed by atoms with Crippen LogP contribution in [0.2, 0.25) is 0 Å². The minimum absolute atomic E-state index is 0.168. The molecule has 1 aromatic carbocycles. The summed E-state index contributed by atoms with van der Waals surface area (Å²) in [6.07, 6.45) is 0. The van der Waals surface area contributed by atoms with Crippen molar-refractivity contribution < 1.29 is 9.21 Å². The van der Waals surface area contributed by atoms with Crippen LogP contribution in [0.15, 0.2) is 27.4 Å². The van der Waals surface area contributed by atoms with Crippen LogP contribution < -0.4 is 11.5 Å². The number of rotatable bonds is 2. The van der Waals surface area contributed by atoms with Crippen molar-refractivity contribution in [1.82, 2.24) is 4.98 Å². The number of fused-ring (bicyclic) bond motifs is 1. The zero-order valence-corrected chi connectivity index (χ0v) is 8.11.